The van der Waals surface area contributed by atoms with Crippen LogP contribution < -0.4 is 10.1 Å². The van der Waals surface area contributed by atoms with Gasteiger partial charge in [0.2, 0.25) is 0 Å². The third-order valence-corrected chi connectivity index (χ3v) is 3.83. The first-order chi connectivity index (χ1) is 9.85. The minimum atomic E-state index is -4.71. The molecule has 0 amide bonds. The lowest BCUT2D eigenvalue weighted by molar-refractivity contribution is -0.274. The van der Waals surface area contributed by atoms with Gasteiger partial charge in [-0.15, -0.1) is 13.2 Å². The molecule has 0 fully saturated rings. The lowest BCUT2D eigenvalue weighted by Crippen LogP contribution is -2.18. The largest absolute Gasteiger partial charge is 0.573 e. The van der Waals surface area contributed by atoms with Gasteiger partial charge in [-0.2, -0.15) is 0 Å². The summed E-state index contributed by atoms with van der Waals surface area (Å²) >= 11 is 9.22. The highest BCUT2D eigenvalue weighted by atomic mass is 79.9. The van der Waals surface area contributed by atoms with Crippen molar-refractivity contribution in [1.82, 2.24) is 0 Å². The molecule has 0 aliphatic rings. The molecule has 1 N–H and O–H groups in total. The van der Waals surface area contributed by atoms with E-state index in [9.17, 15) is 13.2 Å². The van der Waals surface area contributed by atoms with Crippen LogP contribution in [0.4, 0.5) is 18.9 Å². The molecule has 0 aliphatic heterocycles. The highest BCUT2D eigenvalue weighted by Gasteiger charge is 2.31. The molecule has 0 unspecified atom stereocenters. The minimum absolute atomic E-state index is 0.185. The Morgan fingerprint density at radius 3 is 2.52 bits per heavy atom. The Bertz CT molecular complexity index is 634. The first-order valence-corrected chi connectivity index (χ1v) is 7.05. The molecule has 0 heterocycles. The van der Waals surface area contributed by atoms with E-state index >= 15 is 0 Å². The number of benzene rings is 2. The van der Waals surface area contributed by atoms with Gasteiger partial charge in [-0.25, -0.2) is 0 Å². The molecule has 0 spiro atoms. The SMILES string of the molecule is FC(F)(F)Oc1ccccc1CNc1ccc(Br)c(Cl)c1. The van der Waals surface area contributed by atoms with Gasteiger partial charge in [0.05, 0.1) is 5.02 Å². The van der Waals surface area contributed by atoms with Crippen molar-refractivity contribution in [3.63, 3.8) is 0 Å². The molecule has 112 valence electrons. The number of anilines is 1. The second-order valence-corrected chi connectivity index (χ2v) is 5.40. The van der Waals surface area contributed by atoms with E-state index in [0.29, 0.717) is 16.3 Å². The van der Waals surface area contributed by atoms with E-state index in [0.717, 1.165) is 4.47 Å². The third-order valence-electron chi connectivity index (χ3n) is 2.60. The van der Waals surface area contributed by atoms with Gasteiger partial charge < -0.3 is 10.1 Å². The minimum Gasteiger partial charge on any atom is -0.405 e. The molecule has 0 aromatic heterocycles. The van der Waals surface area contributed by atoms with Crippen LogP contribution in [-0.2, 0) is 6.54 Å². The standard InChI is InChI=1S/C14H10BrClF3NO/c15-11-6-5-10(7-12(11)16)20-8-9-3-1-2-4-13(9)21-14(17,18)19/h1-7,20H,8H2. The molecule has 0 saturated carbocycles. The van der Waals surface area contributed by atoms with Crippen LogP contribution in [0.15, 0.2) is 46.9 Å². The van der Waals surface area contributed by atoms with E-state index in [2.05, 4.69) is 26.0 Å². The Morgan fingerprint density at radius 2 is 1.86 bits per heavy atom. The summed E-state index contributed by atoms with van der Waals surface area (Å²) in [7, 11) is 0. The van der Waals surface area contributed by atoms with Gasteiger partial charge in [0.15, 0.2) is 0 Å². The van der Waals surface area contributed by atoms with Crippen molar-refractivity contribution in [2.75, 3.05) is 5.32 Å². The van der Waals surface area contributed by atoms with Crippen LogP contribution in [0.3, 0.4) is 0 Å². The summed E-state index contributed by atoms with van der Waals surface area (Å²) in [5.41, 5.74) is 1.10. The molecule has 0 aliphatic carbocycles. The van der Waals surface area contributed by atoms with E-state index in [1.807, 2.05) is 0 Å². The van der Waals surface area contributed by atoms with Crippen LogP contribution in [0.25, 0.3) is 0 Å². The van der Waals surface area contributed by atoms with Gasteiger partial charge in [0, 0.05) is 22.3 Å². The topological polar surface area (TPSA) is 21.3 Å². The number of nitrogens with one attached hydrogen (secondary N) is 1. The van der Waals surface area contributed by atoms with Crippen molar-refractivity contribution in [1.29, 1.82) is 0 Å². The number of rotatable bonds is 4. The Morgan fingerprint density at radius 1 is 1.14 bits per heavy atom. The lowest BCUT2D eigenvalue weighted by Gasteiger charge is -2.14. The fourth-order valence-electron chi connectivity index (χ4n) is 1.68. The summed E-state index contributed by atoms with van der Waals surface area (Å²) in [4.78, 5) is 0. The Labute approximate surface area is 133 Å². The van der Waals surface area contributed by atoms with Crippen LogP contribution in [0.5, 0.6) is 5.75 Å². The molecular formula is C14H10BrClF3NO. The van der Waals surface area contributed by atoms with Crippen LogP contribution in [0, 0.1) is 0 Å². The molecule has 0 saturated heterocycles. The molecule has 0 atom stereocenters. The summed E-state index contributed by atoms with van der Waals surface area (Å²) in [5, 5.41) is 3.52. The van der Waals surface area contributed by atoms with Gasteiger partial charge in [0.25, 0.3) is 0 Å². The molecule has 2 rings (SSSR count). The van der Waals surface area contributed by atoms with Gasteiger partial charge in [-0.05, 0) is 40.2 Å². The molecule has 0 bridgehead atoms. The zero-order chi connectivity index (χ0) is 15.5. The van der Waals surface area contributed by atoms with E-state index in [4.69, 9.17) is 11.6 Å². The van der Waals surface area contributed by atoms with Crippen molar-refractivity contribution in [3.05, 3.63) is 57.5 Å². The lowest BCUT2D eigenvalue weighted by atomic mass is 10.2. The predicted molar refractivity (Wildman–Crippen MR) is 79.6 cm³/mol. The molecule has 7 heteroatoms. The number of hydrogen-bond acceptors (Lipinski definition) is 2. The first kappa shape index (κ1) is 16.0. The molecule has 2 aromatic rings. The van der Waals surface area contributed by atoms with Crippen LogP contribution in [-0.4, -0.2) is 6.36 Å². The van der Waals surface area contributed by atoms with E-state index < -0.39 is 6.36 Å². The number of alkyl halides is 3. The third kappa shape index (κ3) is 4.82. The number of hydrogen-bond donors (Lipinski definition) is 1. The van der Waals surface area contributed by atoms with Gasteiger partial charge in [-0.1, -0.05) is 29.8 Å². The summed E-state index contributed by atoms with van der Waals surface area (Å²) in [6.07, 6.45) is -4.71. The molecule has 0 radical (unpaired) electrons. The van der Waals surface area contributed by atoms with Crippen molar-refractivity contribution < 1.29 is 17.9 Å². The van der Waals surface area contributed by atoms with Crippen molar-refractivity contribution in [2.45, 2.75) is 12.9 Å². The number of para-hydroxylation sites is 1. The Balaban J connectivity index is 2.11. The van der Waals surface area contributed by atoms with Crippen molar-refractivity contribution in [3.8, 4) is 5.75 Å². The van der Waals surface area contributed by atoms with E-state index in [-0.39, 0.29) is 12.3 Å². The summed E-state index contributed by atoms with van der Waals surface area (Å²) in [6.45, 7) is 0.185. The summed E-state index contributed by atoms with van der Waals surface area (Å²) in [5.74, 6) is -0.222. The predicted octanol–water partition coefficient (Wildman–Crippen LogP) is 5.61. The maximum atomic E-state index is 12.3. The average molecular weight is 381 g/mol. The van der Waals surface area contributed by atoms with Crippen molar-refractivity contribution >= 4 is 33.2 Å². The molecule has 2 aromatic carbocycles. The van der Waals surface area contributed by atoms with E-state index in [1.54, 1.807) is 30.3 Å². The quantitative estimate of drug-likeness (QED) is 0.744. The number of ether oxygens (including phenoxy) is 1. The summed E-state index contributed by atoms with van der Waals surface area (Å²) in [6, 6.07) is 11.2. The molecular weight excluding hydrogens is 371 g/mol. The fraction of sp³-hybridized carbons (Fsp3) is 0.143. The zero-order valence-corrected chi connectivity index (χ0v) is 12.9. The zero-order valence-electron chi connectivity index (χ0n) is 10.5. The average Bonchev–Trinajstić information content (AvgIpc) is 2.40. The number of halogens is 5. The second kappa shape index (κ2) is 6.58. The fourth-order valence-corrected chi connectivity index (χ4v) is 2.10. The maximum Gasteiger partial charge on any atom is 0.573 e. The summed E-state index contributed by atoms with van der Waals surface area (Å²) < 4.78 is 41.7. The van der Waals surface area contributed by atoms with Gasteiger partial charge in [0.1, 0.15) is 5.75 Å². The normalized spacial score (nSPS) is 11.3. The Hall–Kier alpha value is -1.40. The molecule has 2 nitrogen and oxygen atoms in total. The first-order valence-electron chi connectivity index (χ1n) is 5.88. The monoisotopic (exact) mass is 379 g/mol. The smallest absolute Gasteiger partial charge is 0.405 e. The molecule has 21 heavy (non-hydrogen) atoms. The highest BCUT2D eigenvalue weighted by Crippen LogP contribution is 2.28. The van der Waals surface area contributed by atoms with Gasteiger partial charge in [-0.3, -0.25) is 0 Å². The van der Waals surface area contributed by atoms with Gasteiger partial charge >= 0.3 is 6.36 Å². The van der Waals surface area contributed by atoms with Crippen LogP contribution >= 0.6 is 27.5 Å². The second-order valence-electron chi connectivity index (χ2n) is 4.14. The van der Waals surface area contributed by atoms with Crippen LogP contribution in [0.2, 0.25) is 5.02 Å². The Kier molecular flexibility index (Phi) is 5.00. The maximum absolute atomic E-state index is 12.3. The van der Waals surface area contributed by atoms with E-state index in [1.165, 1.54) is 12.1 Å². The van der Waals surface area contributed by atoms with Crippen LogP contribution in [0.1, 0.15) is 5.56 Å². The van der Waals surface area contributed by atoms with Crippen molar-refractivity contribution in [2.24, 2.45) is 0 Å². The highest BCUT2D eigenvalue weighted by molar-refractivity contribution is 9.10.